The van der Waals surface area contributed by atoms with Gasteiger partial charge in [-0.15, -0.1) is 0 Å². The monoisotopic (exact) mass is 214 g/mol. The molecule has 0 bridgehead atoms. The van der Waals surface area contributed by atoms with E-state index in [2.05, 4.69) is 15.3 Å². The van der Waals surface area contributed by atoms with Gasteiger partial charge >= 0.3 is 0 Å². The highest BCUT2D eigenvalue weighted by Gasteiger charge is 1.99. The number of hydrogen-bond acceptors (Lipinski definition) is 4. The van der Waals surface area contributed by atoms with Crippen LogP contribution in [0.1, 0.15) is 11.4 Å². The predicted molar refractivity (Wildman–Crippen MR) is 65.6 cm³/mol. The van der Waals surface area contributed by atoms with Gasteiger partial charge in [-0.3, -0.25) is 4.98 Å². The molecule has 4 nitrogen and oxygen atoms in total. The second kappa shape index (κ2) is 4.18. The van der Waals surface area contributed by atoms with Crippen molar-refractivity contribution in [2.75, 3.05) is 11.1 Å². The van der Waals surface area contributed by atoms with Crippen molar-refractivity contribution in [2.24, 2.45) is 0 Å². The topological polar surface area (TPSA) is 63.8 Å². The molecule has 2 aromatic rings. The van der Waals surface area contributed by atoms with Gasteiger partial charge < -0.3 is 11.1 Å². The van der Waals surface area contributed by atoms with E-state index in [0.717, 1.165) is 28.6 Å². The molecule has 0 radical (unpaired) electrons. The van der Waals surface area contributed by atoms with Crippen molar-refractivity contribution in [3.8, 4) is 0 Å². The summed E-state index contributed by atoms with van der Waals surface area (Å²) in [6.07, 6.45) is 1.72. The summed E-state index contributed by atoms with van der Waals surface area (Å²) in [7, 11) is 0. The van der Waals surface area contributed by atoms with Crippen LogP contribution >= 0.6 is 0 Å². The maximum atomic E-state index is 5.61. The average Bonchev–Trinajstić information content (AvgIpc) is 2.27. The standard InChI is InChI=1S/C12H14N4/c1-8-9(2)15-12(7-14-8)16-11-5-3-10(13)4-6-11/h3-7H,13H2,1-2H3,(H,15,16). The van der Waals surface area contributed by atoms with Crippen LogP contribution in [0.25, 0.3) is 0 Å². The van der Waals surface area contributed by atoms with Gasteiger partial charge in [0.25, 0.3) is 0 Å². The van der Waals surface area contributed by atoms with Crippen LogP contribution in [-0.4, -0.2) is 9.97 Å². The first-order valence-electron chi connectivity index (χ1n) is 5.08. The Kier molecular flexibility index (Phi) is 2.72. The van der Waals surface area contributed by atoms with Gasteiger partial charge in [0.15, 0.2) is 0 Å². The zero-order valence-electron chi connectivity index (χ0n) is 9.36. The van der Waals surface area contributed by atoms with Gasteiger partial charge in [0.2, 0.25) is 0 Å². The van der Waals surface area contributed by atoms with Gasteiger partial charge in [-0.1, -0.05) is 0 Å². The molecule has 0 saturated heterocycles. The largest absolute Gasteiger partial charge is 0.399 e. The predicted octanol–water partition coefficient (Wildman–Crippen LogP) is 2.42. The number of nitrogens with one attached hydrogen (secondary N) is 1. The van der Waals surface area contributed by atoms with E-state index in [1.165, 1.54) is 0 Å². The first-order valence-corrected chi connectivity index (χ1v) is 5.08. The van der Waals surface area contributed by atoms with Gasteiger partial charge in [0.05, 0.1) is 17.6 Å². The van der Waals surface area contributed by atoms with E-state index in [9.17, 15) is 0 Å². The lowest BCUT2D eigenvalue weighted by Crippen LogP contribution is -1.98. The molecule has 0 amide bonds. The van der Waals surface area contributed by atoms with Gasteiger partial charge in [-0.05, 0) is 38.1 Å². The Morgan fingerprint density at radius 1 is 1.06 bits per heavy atom. The fourth-order valence-corrected chi connectivity index (χ4v) is 1.32. The van der Waals surface area contributed by atoms with Crippen molar-refractivity contribution in [3.63, 3.8) is 0 Å². The highest BCUT2D eigenvalue weighted by molar-refractivity contribution is 5.58. The van der Waals surface area contributed by atoms with Crippen LogP contribution in [0.3, 0.4) is 0 Å². The molecule has 0 spiro atoms. The Bertz CT molecular complexity index is 491. The third kappa shape index (κ3) is 2.28. The summed E-state index contributed by atoms with van der Waals surface area (Å²) in [5, 5.41) is 3.17. The van der Waals surface area contributed by atoms with Crippen LogP contribution in [-0.2, 0) is 0 Å². The Balaban J connectivity index is 2.20. The minimum atomic E-state index is 0.743. The third-order valence-corrected chi connectivity index (χ3v) is 2.38. The lowest BCUT2D eigenvalue weighted by molar-refractivity contribution is 1.05. The van der Waals surface area contributed by atoms with E-state index < -0.39 is 0 Å². The molecule has 0 atom stereocenters. The molecule has 3 N–H and O–H groups in total. The minimum absolute atomic E-state index is 0.743. The second-order valence-electron chi connectivity index (χ2n) is 3.67. The molecule has 2 rings (SSSR count). The van der Waals surface area contributed by atoms with E-state index in [1.807, 2.05) is 38.1 Å². The Hall–Kier alpha value is -2.10. The maximum Gasteiger partial charge on any atom is 0.149 e. The summed E-state index contributed by atoms with van der Waals surface area (Å²) in [6, 6.07) is 7.51. The number of anilines is 3. The van der Waals surface area contributed by atoms with Crippen molar-refractivity contribution < 1.29 is 0 Å². The molecule has 1 aromatic carbocycles. The van der Waals surface area contributed by atoms with Crippen LogP contribution in [0.4, 0.5) is 17.2 Å². The smallest absolute Gasteiger partial charge is 0.149 e. The van der Waals surface area contributed by atoms with E-state index in [1.54, 1.807) is 6.20 Å². The van der Waals surface area contributed by atoms with Crippen LogP contribution in [0, 0.1) is 13.8 Å². The highest BCUT2D eigenvalue weighted by atomic mass is 15.0. The molecule has 0 aliphatic heterocycles. The van der Waals surface area contributed by atoms with Crippen molar-refractivity contribution in [1.29, 1.82) is 0 Å². The van der Waals surface area contributed by atoms with Gasteiger partial charge in [0.1, 0.15) is 5.82 Å². The third-order valence-electron chi connectivity index (χ3n) is 2.38. The number of nitrogen functional groups attached to an aromatic ring is 1. The quantitative estimate of drug-likeness (QED) is 0.753. The fourth-order valence-electron chi connectivity index (χ4n) is 1.32. The van der Waals surface area contributed by atoms with Crippen LogP contribution in [0.5, 0.6) is 0 Å². The molecule has 0 saturated carbocycles. The number of nitrogens with zero attached hydrogens (tertiary/aromatic N) is 2. The molecule has 1 heterocycles. The molecule has 0 unspecified atom stereocenters. The van der Waals surface area contributed by atoms with Crippen molar-refractivity contribution in [1.82, 2.24) is 9.97 Å². The molecule has 0 fully saturated rings. The van der Waals surface area contributed by atoms with Gasteiger partial charge in [-0.2, -0.15) is 0 Å². The zero-order valence-corrected chi connectivity index (χ0v) is 9.36. The van der Waals surface area contributed by atoms with E-state index in [0.29, 0.717) is 0 Å². The summed E-state index contributed by atoms with van der Waals surface area (Å²) in [4.78, 5) is 8.63. The minimum Gasteiger partial charge on any atom is -0.399 e. The number of aryl methyl sites for hydroxylation is 2. The molecule has 16 heavy (non-hydrogen) atoms. The SMILES string of the molecule is Cc1ncc(Nc2ccc(N)cc2)nc1C. The van der Waals surface area contributed by atoms with E-state index in [4.69, 9.17) is 5.73 Å². The molecule has 0 aliphatic rings. The number of benzene rings is 1. The summed E-state index contributed by atoms with van der Waals surface area (Å²) in [5.41, 5.74) is 9.18. The van der Waals surface area contributed by atoms with Crippen LogP contribution < -0.4 is 11.1 Å². The average molecular weight is 214 g/mol. The normalized spacial score (nSPS) is 10.1. The second-order valence-corrected chi connectivity index (χ2v) is 3.67. The van der Waals surface area contributed by atoms with Crippen molar-refractivity contribution >= 4 is 17.2 Å². The molecule has 4 heteroatoms. The zero-order chi connectivity index (χ0) is 11.5. The number of rotatable bonds is 2. The summed E-state index contributed by atoms with van der Waals surface area (Å²) in [5.74, 6) is 0.743. The van der Waals surface area contributed by atoms with Gasteiger partial charge in [-0.25, -0.2) is 4.98 Å². The first-order chi connectivity index (χ1) is 7.65. The van der Waals surface area contributed by atoms with Crippen LogP contribution in [0.2, 0.25) is 0 Å². The highest BCUT2D eigenvalue weighted by Crippen LogP contribution is 2.16. The van der Waals surface area contributed by atoms with Gasteiger partial charge in [0, 0.05) is 11.4 Å². The molecule has 1 aromatic heterocycles. The molecular formula is C12H14N4. The van der Waals surface area contributed by atoms with Crippen molar-refractivity contribution in [3.05, 3.63) is 41.9 Å². The lowest BCUT2D eigenvalue weighted by Gasteiger charge is -2.07. The van der Waals surface area contributed by atoms with Crippen LogP contribution in [0.15, 0.2) is 30.5 Å². The van der Waals surface area contributed by atoms with Crippen molar-refractivity contribution in [2.45, 2.75) is 13.8 Å². The first kappa shape index (κ1) is 10.4. The van der Waals surface area contributed by atoms with E-state index in [-0.39, 0.29) is 0 Å². The summed E-state index contributed by atoms with van der Waals surface area (Å²) in [6.45, 7) is 3.88. The fraction of sp³-hybridized carbons (Fsp3) is 0.167. The lowest BCUT2D eigenvalue weighted by atomic mass is 10.3. The number of aromatic nitrogens is 2. The molecular weight excluding hydrogens is 200 g/mol. The maximum absolute atomic E-state index is 5.61. The molecule has 82 valence electrons. The number of nitrogens with two attached hydrogens (primary N) is 1. The summed E-state index contributed by atoms with van der Waals surface area (Å²) >= 11 is 0. The Morgan fingerprint density at radius 3 is 2.38 bits per heavy atom. The Labute approximate surface area is 94.5 Å². The van der Waals surface area contributed by atoms with E-state index >= 15 is 0 Å². The summed E-state index contributed by atoms with van der Waals surface area (Å²) < 4.78 is 0. The number of hydrogen-bond donors (Lipinski definition) is 2. The Morgan fingerprint density at radius 2 is 1.75 bits per heavy atom. The molecule has 0 aliphatic carbocycles.